The average molecular weight is 759 g/mol. The average Bonchev–Trinajstić information content (AvgIpc) is 3.09. The van der Waals surface area contributed by atoms with E-state index in [-0.39, 0.29) is 19.6 Å². The van der Waals surface area contributed by atoms with E-state index < -0.39 is 32.5 Å². The van der Waals surface area contributed by atoms with Gasteiger partial charge in [-0.3, -0.25) is 13.8 Å². The van der Waals surface area contributed by atoms with Crippen LogP contribution in [0.5, 0.6) is 0 Å². The van der Waals surface area contributed by atoms with Gasteiger partial charge in [-0.25, -0.2) is 9.36 Å². The first kappa shape index (κ1) is 50.5. The Balaban J connectivity index is 4.46. The predicted molar refractivity (Wildman–Crippen MR) is 215 cm³/mol. The second-order valence-corrected chi connectivity index (χ2v) is 16.9. The van der Waals surface area contributed by atoms with Gasteiger partial charge in [0.05, 0.1) is 27.7 Å². The number of rotatable bonds is 38. The van der Waals surface area contributed by atoms with Crippen LogP contribution in [-0.2, 0) is 32.7 Å². The second kappa shape index (κ2) is 35.2. The third-order valence-corrected chi connectivity index (χ3v) is 10.1. The molecule has 0 radical (unpaired) electrons. The fraction of sp³-hybridized carbons (Fsp3) is 0.857. The lowest BCUT2D eigenvalue weighted by molar-refractivity contribution is -0.870. The highest BCUT2D eigenvalue weighted by molar-refractivity contribution is 7.47. The highest BCUT2D eigenvalue weighted by Gasteiger charge is 2.26. The Labute approximate surface area is 319 Å². The summed E-state index contributed by atoms with van der Waals surface area (Å²) in [4.78, 5) is 35.1. The Morgan fingerprint density at radius 2 is 1.10 bits per heavy atom. The largest absolute Gasteiger partial charge is 0.472 e. The molecule has 52 heavy (non-hydrogen) atoms. The molecular formula is C42H81NO8P+. The molecule has 0 aromatic heterocycles. The summed E-state index contributed by atoms with van der Waals surface area (Å²) < 4.78 is 34.0. The molecule has 0 aliphatic rings. The fourth-order valence-corrected chi connectivity index (χ4v) is 6.49. The minimum absolute atomic E-state index is 0.0179. The first-order chi connectivity index (χ1) is 25.0. The predicted octanol–water partition coefficient (Wildman–Crippen LogP) is 11.6. The van der Waals surface area contributed by atoms with E-state index in [9.17, 15) is 19.0 Å². The van der Waals surface area contributed by atoms with Crippen molar-refractivity contribution in [3.8, 4) is 0 Å². The normalized spacial score (nSPS) is 13.9. The number of unbranched alkanes of at least 4 members (excludes halogenated alkanes) is 23. The van der Waals surface area contributed by atoms with Gasteiger partial charge in [0.15, 0.2) is 6.10 Å². The number of likely N-dealkylation sites (N-methyl/N-ethyl adjacent to an activating group) is 1. The summed E-state index contributed by atoms with van der Waals surface area (Å²) in [7, 11) is 1.43. The number of hydrogen-bond donors (Lipinski definition) is 1. The van der Waals surface area contributed by atoms with Crippen LogP contribution in [0.2, 0.25) is 0 Å². The van der Waals surface area contributed by atoms with Crippen molar-refractivity contribution in [1.29, 1.82) is 0 Å². The van der Waals surface area contributed by atoms with Crippen LogP contribution >= 0.6 is 7.82 Å². The van der Waals surface area contributed by atoms with Crippen molar-refractivity contribution in [2.45, 2.75) is 187 Å². The quantitative estimate of drug-likeness (QED) is 0.0166. The third kappa shape index (κ3) is 38.2. The van der Waals surface area contributed by atoms with Crippen molar-refractivity contribution in [2.75, 3.05) is 47.5 Å². The number of phosphoric acid groups is 1. The number of quaternary nitrogens is 1. The third-order valence-electron chi connectivity index (χ3n) is 9.09. The molecule has 1 N–H and O–H groups in total. The molecular weight excluding hydrogens is 677 g/mol. The van der Waals surface area contributed by atoms with Crippen LogP contribution in [0, 0.1) is 0 Å². The first-order valence-electron chi connectivity index (χ1n) is 21.1. The smallest absolute Gasteiger partial charge is 0.462 e. The van der Waals surface area contributed by atoms with Gasteiger partial charge in [0.2, 0.25) is 0 Å². The maximum Gasteiger partial charge on any atom is 0.472 e. The summed E-state index contributed by atoms with van der Waals surface area (Å²) in [6.45, 7) is 4.30. The van der Waals surface area contributed by atoms with E-state index in [2.05, 4.69) is 13.8 Å². The lowest BCUT2D eigenvalue weighted by atomic mass is 10.0. The van der Waals surface area contributed by atoms with Gasteiger partial charge < -0.3 is 18.9 Å². The summed E-state index contributed by atoms with van der Waals surface area (Å²) in [5, 5.41) is 0. The highest BCUT2D eigenvalue weighted by Crippen LogP contribution is 2.43. The minimum Gasteiger partial charge on any atom is -0.462 e. The van der Waals surface area contributed by atoms with E-state index in [1.807, 2.05) is 33.3 Å². The molecule has 0 rings (SSSR count). The lowest BCUT2D eigenvalue weighted by Gasteiger charge is -2.24. The Kier molecular flexibility index (Phi) is 34.2. The minimum atomic E-state index is -4.39. The number of ether oxygens (including phenoxy) is 2. The van der Waals surface area contributed by atoms with Crippen LogP contribution in [0.1, 0.15) is 181 Å². The molecule has 0 fully saturated rings. The Morgan fingerprint density at radius 1 is 0.635 bits per heavy atom. The monoisotopic (exact) mass is 759 g/mol. The molecule has 0 bridgehead atoms. The number of nitrogens with zero attached hydrogens (tertiary/aromatic N) is 1. The summed E-state index contributed by atoms with van der Waals surface area (Å²) >= 11 is 0. The van der Waals surface area contributed by atoms with Gasteiger partial charge in [-0.15, -0.1) is 0 Å². The molecule has 2 atom stereocenters. The maximum absolute atomic E-state index is 12.5. The van der Waals surface area contributed by atoms with Crippen molar-refractivity contribution < 1.29 is 42.1 Å². The van der Waals surface area contributed by atoms with E-state index in [1.54, 1.807) is 6.08 Å². The standard InChI is InChI=1S/C42H80NO8P/c1-6-8-10-12-14-16-18-20-21-23-24-26-28-30-32-34-41(44)48-38-40(39-50-52(46,47)49-37-36-43(3,4)5)51-42(45)35-33-31-29-27-25-22-19-17-15-13-11-9-7-2/h29,31,33,35,40H,6-28,30,32,34,36-39H2,1-5H3/p+1/b31-29+,35-33+/t40-/m1/s1. The van der Waals surface area contributed by atoms with Gasteiger partial charge in [-0.1, -0.05) is 173 Å². The zero-order valence-electron chi connectivity index (χ0n) is 34.3. The zero-order chi connectivity index (χ0) is 38.6. The van der Waals surface area contributed by atoms with Gasteiger partial charge in [0.1, 0.15) is 19.8 Å². The number of esters is 2. The van der Waals surface area contributed by atoms with Crippen LogP contribution in [0.25, 0.3) is 0 Å². The molecule has 0 saturated heterocycles. The molecule has 0 amide bonds. The molecule has 0 aromatic rings. The van der Waals surface area contributed by atoms with Gasteiger partial charge in [0.25, 0.3) is 0 Å². The molecule has 0 aliphatic heterocycles. The Bertz CT molecular complexity index is 949. The van der Waals surface area contributed by atoms with Crippen LogP contribution in [0.3, 0.4) is 0 Å². The highest BCUT2D eigenvalue weighted by atomic mass is 31.2. The van der Waals surface area contributed by atoms with E-state index in [0.29, 0.717) is 11.0 Å². The second-order valence-electron chi connectivity index (χ2n) is 15.5. The Morgan fingerprint density at radius 3 is 1.58 bits per heavy atom. The van der Waals surface area contributed by atoms with E-state index in [4.69, 9.17) is 18.5 Å². The van der Waals surface area contributed by atoms with Crippen LogP contribution < -0.4 is 0 Å². The molecule has 0 heterocycles. The van der Waals surface area contributed by atoms with Crippen LogP contribution in [0.4, 0.5) is 0 Å². The number of phosphoric ester groups is 1. The molecule has 306 valence electrons. The van der Waals surface area contributed by atoms with E-state index in [0.717, 1.165) is 32.1 Å². The summed E-state index contributed by atoms with van der Waals surface area (Å²) in [6.07, 6.45) is 37.1. The number of hydrogen-bond acceptors (Lipinski definition) is 7. The lowest BCUT2D eigenvalue weighted by Crippen LogP contribution is -2.37. The molecule has 10 heteroatoms. The Hall–Kier alpha value is -1.51. The zero-order valence-corrected chi connectivity index (χ0v) is 35.2. The van der Waals surface area contributed by atoms with Crippen molar-refractivity contribution in [1.82, 2.24) is 0 Å². The van der Waals surface area contributed by atoms with E-state index >= 15 is 0 Å². The van der Waals surface area contributed by atoms with E-state index in [1.165, 1.54) is 134 Å². The molecule has 1 unspecified atom stereocenters. The maximum atomic E-state index is 12.5. The molecule has 0 aliphatic carbocycles. The van der Waals surface area contributed by atoms with Gasteiger partial charge in [0, 0.05) is 12.5 Å². The molecule has 0 saturated carbocycles. The van der Waals surface area contributed by atoms with Crippen LogP contribution in [-0.4, -0.2) is 74.9 Å². The number of allylic oxidation sites excluding steroid dienone is 3. The summed E-state index contributed by atoms with van der Waals surface area (Å²) in [5.41, 5.74) is 0. The fourth-order valence-electron chi connectivity index (χ4n) is 5.74. The van der Waals surface area contributed by atoms with Crippen molar-refractivity contribution in [3.05, 3.63) is 24.3 Å². The van der Waals surface area contributed by atoms with Crippen LogP contribution in [0.15, 0.2) is 24.3 Å². The summed E-state index contributed by atoms with van der Waals surface area (Å²) in [5.74, 6) is -1.05. The number of carbonyl (C=O) groups excluding carboxylic acids is 2. The summed E-state index contributed by atoms with van der Waals surface area (Å²) in [6, 6.07) is 0. The van der Waals surface area contributed by atoms with Crippen molar-refractivity contribution >= 4 is 19.8 Å². The topological polar surface area (TPSA) is 108 Å². The van der Waals surface area contributed by atoms with Gasteiger partial charge >= 0.3 is 19.8 Å². The SMILES string of the molecule is CCCCCCCCCCC/C=C/C=C/C(=O)O[C@H](COC(=O)CCCCCCCCCCCCCCCCC)COP(=O)(O)OCC[N+](C)(C)C. The molecule has 9 nitrogen and oxygen atoms in total. The van der Waals surface area contributed by atoms with Crippen molar-refractivity contribution in [3.63, 3.8) is 0 Å². The number of carbonyl (C=O) groups is 2. The molecule has 0 spiro atoms. The van der Waals surface area contributed by atoms with Gasteiger partial charge in [-0.2, -0.15) is 0 Å². The molecule has 0 aromatic carbocycles. The van der Waals surface area contributed by atoms with Crippen molar-refractivity contribution in [2.24, 2.45) is 0 Å². The van der Waals surface area contributed by atoms with Gasteiger partial charge in [-0.05, 0) is 19.3 Å². The first-order valence-corrected chi connectivity index (χ1v) is 22.6.